The summed E-state index contributed by atoms with van der Waals surface area (Å²) in [6.45, 7) is 5.82. The maximum atomic E-state index is 8.95. The van der Waals surface area contributed by atoms with Gasteiger partial charge in [0, 0.05) is 18.0 Å². The molecule has 92 valence electrons. The smallest absolute Gasteiger partial charge is 0.182 e. The van der Waals surface area contributed by atoms with Gasteiger partial charge in [-0.2, -0.15) is 5.26 Å². The molecule has 5 nitrogen and oxygen atoms in total. The number of nitriles is 1. The molecule has 0 aromatic carbocycles. The normalized spacial score (nSPS) is 11.9. The van der Waals surface area contributed by atoms with Crippen molar-refractivity contribution in [1.82, 2.24) is 9.97 Å². The Balaban J connectivity index is 2.24. The highest BCUT2D eigenvalue weighted by Crippen LogP contribution is 2.24. The van der Waals surface area contributed by atoms with Crippen LogP contribution in [0.4, 0.5) is 5.82 Å². The van der Waals surface area contributed by atoms with Crippen LogP contribution in [0.15, 0.2) is 22.9 Å². The van der Waals surface area contributed by atoms with E-state index in [1.807, 2.05) is 32.9 Å². The average molecular weight is 242 g/mol. The number of aryl methyl sites for hydroxylation is 2. The molecular formula is C13H14N4O. The van der Waals surface area contributed by atoms with Gasteiger partial charge in [-0.25, -0.2) is 9.97 Å². The van der Waals surface area contributed by atoms with Gasteiger partial charge in [-0.05, 0) is 26.8 Å². The van der Waals surface area contributed by atoms with Crippen molar-refractivity contribution in [3.8, 4) is 6.07 Å². The van der Waals surface area contributed by atoms with Gasteiger partial charge in [-0.15, -0.1) is 0 Å². The highest BCUT2D eigenvalue weighted by molar-refractivity contribution is 5.48. The Labute approximate surface area is 105 Å². The van der Waals surface area contributed by atoms with Crippen molar-refractivity contribution in [2.45, 2.75) is 26.8 Å². The molecule has 0 saturated carbocycles. The molecule has 0 bridgehead atoms. The Bertz CT molecular complexity index is 597. The molecule has 2 aromatic heterocycles. The predicted molar refractivity (Wildman–Crippen MR) is 67.0 cm³/mol. The van der Waals surface area contributed by atoms with Gasteiger partial charge >= 0.3 is 0 Å². The van der Waals surface area contributed by atoms with Gasteiger partial charge in [-0.1, -0.05) is 0 Å². The monoisotopic (exact) mass is 242 g/mol. The number of hydrogen-bond donors (Lipinski definition) is 1. The second-order valence-corrected chi connectivity index (χ2v) is 4.10. The molecule has 2 aromatic rings. The van der Waals surface area contributed by atoms with Gasteiger partial charge in [0.05, 0.1) is 6.04 Å². The molecule has 0 radical (unpaired) electrons. The van der Waals surface area contributed by atoms with E-state index in [1.54, 1.807) is 6.20 Å². The van der Waals surface area contributed by atoms with Crippen molar-refractivity contribution in [2.75, 3.05) is 5.32 Å². The van der Waals surface area contributed by atoms with Gasteiger partial charge in [0.25, 0.3) is 0 Å². The molecule has 2 heterocycles. The number of anilines is 1. The van der Waals surface area contributed by atoms with Crippen LogP contribution in [-0.2, 0) is 0 Å². The zero-order chi connectivity index (χ0) is 13.1. The van der Waals surface area contributed by atoms with Gasteiger partial charge in [0.1, 0.15) is 17.6 Å². The van der Waals surface area contributed by atoms with Crippen LogP contribution in [0, 0.1) is 25.2 Å². The van der Waals surface area contributed by atoms with Crippen molar-refractivity contribution in [3.05, 3.63) is 41.2 Å². The molecule has 0 spiro atoms. The summed E-state index contributed by atoms with van der Waals surface area (Å²) in [5.74, 6) is 2.23. The van der Waals surface area contributed by atoms with E-state index in [0.29, 0.717) is 11.5 Å². The largest absolute Gasteiger partial charge is 0.466 e. The van der Waals surface area contributed by atoms with Crippen LogP contribution in [0.3, 0.4) is 0 Å². The Morgan fingerprint density at radius 1 is 1.33 bits per heavy atom. The van der Waals surface area contributed by atoms with Crippen LogP contribution in [-0.4, -0.2) is 9.97 Å². The van der Waals surface area contributed by atoms with Crippen molar-refractivity contribution in [1.29, 1.82) is 5.26 Å². The first-order valence-electron chi connectivity index (χ1n) is 5.66. The molecule has 0 aliphatic rings. The minimum Gasteiger partial charge on any atom is -0.466 e. The summed E-state index contributed by atoms with van der Waals surface area (Å²) in [5.41, 5.74) is 1.35. The summed E-state index contributed by atoms with van der Waals surface area (Å²) in [6, 6.07) is 4.00. The fourth-order valence-electron chi connectivity index (χ4n) is 1.89. The fraction of sp³-hybridized carbons (Fsp3) is 0.308. The summed E-state index contributed by atoms with van der Waals surface area (Å²) in [5, 5.41) is 12.1. The number of nitrogens with zero attached hydrogens (tertiary/aromatic N) is 3. The van der Waals surface area contributed by atoms with Gasteiger partial charge in [0.15, 0.2) is 11.5 Å². The Morgan fingerprint density at radius 3 is 2.67 bits per heavy atom. The maximum absolute atomic E-state index is 8.95. The van der Waals surface area contributed by atoms with E-state index in [0.717, 1.165) is 17.1 Å². The quantitative estimate of drug-likeness (QED) is 0.895. The lowest BCUT2D eigenvalue weighted by atomic mass is 10.1. The SMILES string of the molecule is Cc1cc(C(C)Nc2nccnc2C#N)c(C)o1. The van der Waals surface area contributed by atoms with E-state index >= 15 is 0 Å². The molecule has 1 unspecified atom stereocenters. The minimum atomic E-state index is 0.00579. The van der Waals surface area contributed by atoms with Crippen LogP contribution in [0.5, 0.6) is 0 Å². The minimum absolute atomic E-state index is 0.00579. The average Bonchev–Trinajstić information content (AvgIpc) is 2.69. The first kappa shape index (κ1) is 12.1. The molecule has 0 aliphatic heterocycles. The molecule has 0 amide bonds. The van der Waals surface area contributed by atoms with Gasteiger partial charge in [-0.3, -0.25) is 0 Å². The van der Waals surface area contributed by atoms with E-state index in [1.165, 1.54) is 6.20 Å². The summed E-state index contributed by atoms with van der Waals surface area (Å²) in [4.78, 5) is 8.09. The number of hydrogen-bond acceptors (Lipinski definition) is 5. The second-order valence-electron chi connectivity index (χ2n) is 4.10. The van der Waals surface area contributed by atoms with Crippen molar-refractivity contribution in [3.63, 3.8) is 0 Å². The van der Waals surface area contributed by atoms with Crippen molar-refractivity contribution >= 4 is 5.82 Å². The lowest BCUT2D eigenvalue weighted by Gasteiger charge is -2.13. The van der Waals surface area contributed by atoms with E-state index in [-0.39, 0.29) is 6.04 Å². The van der Waals surface area contributed by atoms with Gasteiger partial charge < -0.3 is 9.73 Å². The van der Waals surface area contributed by atoms with Crippen LogP contribution >= 0.6 is 0 Å². The van der Waals surface area contributed by atoms with Crippen LogP contribution in [0.1, 0.15) is 35.7 Å². The standard InChI is InChI=1S/C13H14N4O/c1-8-6-11(10(3)18-8)9(2)17-13-12(7-14)15-4-5-16-13/h4-6,9H,1-3H3,(H,16,17). The Kier molecular flexibility index (Phi) is 3.28. The molecule has 0 fully saturated rings. The topological polar surface area (TPSA) is 74.7 Å². The summed E-state index contributed by atoms with van der Waals surface area (Å²) in [7, 11) is 0. The first-order valence-corrected chi connectivity index (χ1v) is 5.66. The molecule has 2 rings (SSSR count). The first-order chi connectivity index (χ1) is 8.61. The van der Waals surface area contributed by atoms with E-state index < -0.39 is 0 Å². The van der Waals surface area contributed by atoms with E-state index in [2.05, 4.69) is 15.3 Å². The van der Waals surface area contributed by atoms with Crippen molar-refractivity contribution < 1.29 is 4.42 Å². The second kappa shape index (κ2) is 4.88. The molecule has 1 N–H and O–H groups in total. The third kappa shape index (κ3) is 2.33. The molecule has 18 heavy (non-hydrogen) atoms. The maximum Gasteiger partial charge on any atom is 0.182 e. The number of rotatable bonds is 3. The molecule has 0 saturated heterocycles. The molecule has 5 heteroatoms. The zero-order valence-electron chi connectivity index (χ0n) is 10.6. The Hall–Kier alpha value is -2.35. The fourth-order valence-corrected chi connectivity index (χ4v) is 1.89. The Morgan fingerprint density at radius 2 is 2.06 bits per heavy atom. The number of nitrogens with one attached hydrogen (secondary N) is 1. The lowest BCUT2D eigenvalue weighted by Crippen LogP contribution is -2.10. The molecule has 0 aliphatic carbocycles. The zero-order valence-corrected chi connectivity index (χ0v) is 10.6. The highest BCUT2D eigenvalue weighted by atomic mass is 16.3. The van der Waals surface area contributed by atoms with E-state index in [4.69, 9.17) is 9.68 Å². The summed E-state index contributed by atoms with van der Waals surface area (Å²) in [6.07, 6.45) is 3.06. The lowest BCUT2D eigenvalue weighted by molar-refractivity contribution is 0.499. The molecular weight excluding hydrogens is 228 g/mol. The van der Waals surface area contributed by atoms with Crippen LogP contribution in [0.2, 0.25) is 0 Å². The van der Waals surface area contributed by atoms with Gasteiger partial charge in [0.2, 0.25) is 0 Å². The summed E-state index contributed by atoms with van der Waals surface area (Å²) >= 11 is 0. The summed E-state index contributed by atoms with van der Waals surface area (Å²) < 4.78 is 5.49. The number of aromatic nitrogens is 2. The molecule has 1 atom stereocenters. The van der Waals surface area contributed by atoms with Crippen LogP contribution in [0.25, 0.3) is 0 Å². The third-order valence-corrected chi connectivity index (χ3v) is 2.70. The third-order valence-electron chi connectivity index (χ3n) is 2.70. The van der Waals surface area contributed by atoms with E-state index in [9.17, 15) is 0 Å². The van der Waals surface area contributed by atoms with Crippen LogP contribution < -0.4 is 5.32 Å². The number of furan rings is 1. The highest BCUT2D eigenvalue weighted by Gasteiger charge is 2.14. The van der Waals surface area contributed by atoms with Crippen molar-refractivity contribution in [2.24, 2.45) is 0 Å². The predicted octanol–water partition coefficient (Wildman–Crippen LogP) is 2.73.